The Kier molecular flexibility index (Phi) is 4.58. The third-order valence-corrected chi connectivity index (χ3v) is 4.17. The van der Waals surface area contributed by atoms with Crippen molar-refractivity contribution in [1.82, 2.24) is 4.72 Å². The second kappa shape index (κ2) is 6.19. The number of benzene rings is 2. The molecule has 0 aliphatic heterocycles. The van der Waals surface area contributed by atoms with Crippen LogP contribution in [-0.4, -0.2) is 9.32 Å². The van der Waals surface area contributed by atoms with Crippen LogP contribution in [0.3, 0.4) is 0 Å². The van der Waals surface area contributed by atoms with E-state index in [1.807, 2.05) is 19.1 Å². The maximum atomic E-state index is 12.0. The maximum Gasteiger partial charge on any atom is 0.125 e. The third-order valence-electron chi connectivity index (χ3n) is 2.68. The first kappa shape index (κ1) is 14.1. The van der Waals surface area contributed by atoms with Crippen LogP contribution in [0.2, 0.25) is 5.02 Å². The second-order valence-electron chi connectivity index (χ2n) is 4.17. The van der Waals surface area contributed by atoms with Crippen molar-refractivity contribution in [2.75, 3.05) is 0 Å². The fraction of sp³-hybridized carbons (Fsp3) is 0.143. The van der Waals surface area contributed by atoms with Crippen LogP contribution >= 0.6 is 11.6 Å². The van der Waals surface area contributed by atoms with Gasteiger partial charge in [-0.1, -0.05) is 29.8 Å². The highest BCUT2D eigenvalue weighted by Gasteiger charge is 2.06. The van der Waals surface area contributed by atoms with Crippen molar-refractivity contribution in [2.24, 2.45) is 0 Å². The predicted octanol–water partition coefficient (Wildman–Crippen LogP) is 3.17. The van der Waals surface area contributed by atoms with Gasteiger partial charge in [-0.05, 0) is 42.3 Å². The van der Waals surface area contributed by atoms with E-state index in [1.54, 1.807) is 30.3 Å². The van der Waals surface area contributed by atoms with Crippen LogP contribution in [0.1, 0.15) is 11.1 Å². The average molecular weight is 296 g/mol. The molecule has 2 aromatic carbocycles. The van der Waals surface area contributed by atoms with Crippen molar-refractivity contribution < 1.29 is 9.32 Å². The fourth-order valence-corrected chi connectivity index (χ4v) is 2.71. The van der Waals surface area contributed by atoms with Gasteiger partial charge < -0.3 is 5.11 Å². The topological polar surface area (TPSA) is 49.3 Å². The van der Waals surface area contributed by atoms with Crippen LogP contribution in [0, 0.1) is 6.92 Å². The lowest BCUT2D eigenvalue weighted by Crippen LogP contribution is -2.16. The number of hydrogen-bond donors (Lipinski definition) is 2. The lowest BCUT2D eigenvalue weighted by atomic mass is 10.2. The number of phenolic OH excluding ortho intramolecular Hbond substituents is 1. The van der Waals surface area contributed by atoms with Gasteiger partial charge in [-0.25, -0.2) is 8.93 Å². The molecule has 0 heterocycles. The van der Waals surface area contributed by atoms with Crippen molar-refractivity contribution in [1.29, 1.82) is 0 Å². The molecule has 0 radical (unpaired) electrons. The van der Waals surface area contributed by atoms with Crippen LogP contribution in [0.15, 0.2) is 47.4 Å². The maximum absolute atomic E-state index is 12.0. The lowest BCUT2D eigenvalue weighted by Gasteiger charge is -2.06. The Bertz CT molecular complexity index is 616. The van der Waals surface area contributed by atoms with Gasteiger partial charge in [0.1, 0.15) is 16.7 Å². The molecule has 0 fully saturated rings. The summed E-state index contributed by atoms with van der Waals surface area (Å²) in [6.07, 6.45) is 0. The van der Waals surface area contributed by atoms with Crippen molar-refractivity contribution in [2.45, 2.75) is 18.4 Å². The van der Waals surface area contributed by atoms with Crippen LogP contribution in [-0.2, 0) is 17.5 Å². The standard InChI is InChI=1S/C14H14ClNO2S/c1-10-5-6-13(8-14(10)15)19(18)16-9-11-3-2-4-12(17)7-11/h2-8,16-17H,9H2,1H3. The molecule has 2 aromatic rings. The summed E-state index contributed by atoms with van der Waals surface area (Å²) < 4.78 is 14.9. The molecule has 0 aliphatic carbocycles. The molecule has 0 aromatic heterocycles. The molecule has 1 unspecified atom stereocenters. The first-order chi connectivity index (χ1) is 9.06. The molecule has 5 heteroatoms. The molecule has 0 bridgehead atoms. The predicted molar refractivity (Wildman–Crippen MR) is 77.5 cm³/mol. The molecule has 0 spiro atoms. The summed E-state index contributed by atoms with van der Waals surface area (Å²) in [6, 6.07) is 12.2. The zero-order valence-corrected chi connectivity index (χ0v) is 12.0. The summed E-state index contributed by atoms with van der Waals surface area (Å²) in [4.78, 5) is 0.635. The van der Waals surface area contributed by atoms with Crippen molar-refractivity contribution in [3.63, 3.8) is 0 Å². The Morgan fingerprint density at radius 3 is 2.74 bits per heavy atom. The highest BCUT2D eigenvalue weighted by molar-refractivity contribution is 7.83. The van der Waals surface area contributed by atoms with Gasteiger partial charge in [0.15, 0.2) is 0 Å². The molecule has 2 N–H and O–H groups in total. The fourth-order valence-electron chi connectivity index (χ4n) is 1.59. The van der Waals surface area contributed by atoms with Gasteiger partial charge in [0.25, 0.3) is 0 Å². The minimum atomic E-state index is -1.33. The van der Waals surface area contributed by atoms with Crippen molar-refractivity contribution in [3.05, 3.63) is 58.6 Å². The van der Waals surface area contributed by atoms with E-state index in [1.165, 1.54) is 0 Å². The van der Waals surface area contributed by atoms with Crippen LogP contribution < -0.4 is 4.72 Å². The normalized spacial score (nSPS) is 12.3. The van der Waals surface area contributed by atoms with Gasteiger partial charge in [0, 0.05) is 11.6 Å². The number of halogens is 1. The molecule has 3 nitrogen and oxygen atoms in total. The van der Waals surface area contributed by atoms with Gasteiger partial charge in [-0.3, -0.25) is 0 Å². The quantitative estimate of drug-likeness (QED) is 0.910. The number of rotatable bonds is 4. The molecule has 2 rings (SSSR count). The van der Waals surface area contributed by atoms with Gasteiger partial charge in [0.2, 0.25) is 0 Å². The van der Waals surface area contributed by atoms with E-state index in [0.29, 0.717) is 16.5 Å². The molecule has 0 aliphatic rings. The Morgan fingerprint density at radius 2 is 2.05 bits per heavy atom. The molecule has 19 heavy (non-hydrogen) atoms. The summed E-state index contributed by atoms with van der Waals surface area (Å²) in [5.41, 5.74) is 1.82. The van der Waals surface area contributed by atoms with E-state index in [0.717, 1.165) is 11.1 Å². The molecule has 0 saturated carbocycles. The molecule has 100 valence electrons. The van der Waals surface area contributed by atoms with Gasteiger partial charge in [-0.15, -0.1) is 0 Å². The van der Waals surface area contributed by atoms with E-state index in [9.17, 15) is 9.32 Å². The van der Waals surface area contributed by atoms with E-state index in [-0.39, 0.29) is 5.75 Å². The zero-order chi connectivity index (χ0) is 13.8. The summed E-state index contributed by atoms with van der Waals surface area (Å²) in [6.45, 7) is 2.31. The minimum absolute atomic E-state index is 0.198. The Labute approximate surface area is 119 Å². The number of aromatic hydroxyl groups is 1. The van der Waals surface area contributed by atoms with E-state index >= 15 is 0 Å². The smallest absolute Gasteiger partial charge is 0.125 e. The Hall–Kier alpha value is -1.36. The molecule has 1 atom stereocenters. The van der Waals surface area contributed by atoms with E-state index in [4.69, 9.17) is 11.6 Å². The third kappa shape index (κ3) is 3.80. The SMILES string of the molecule is Cc1ccc(S(=O)NCc2cccc(O)c2)cc1Cl. The van der Waals surface area contributed by atoms with Crippen LogP contribution in [0.4, 0.5) is 0 Å². The zero-order valence-electron chi connectivity index (χ0n) is 10.4. The van der Waals surface area contributed by atoms with Gasteiger partial charge in [0.05, 0.1) is 4.90 Å². The summed E-state index contributed by atoms with van der Waals surface area (Å²) in [5, 5.41) is 9.94. The van der Waals surface area contributed by atoms with Crippen molar-refractivity contribution in [3.8, 4) is 5.75 Å². The molecule has 0 amide bonds. The highest BCUT2D eigenvalue weighted by atomic mass is 35.5. The van der Waals surface area contributed by atoms with Gasteiger partial charge >= 0.3 is 0 Å². The lowest BCUT2D eigenvalue weighted by molar-refractivity contribution is 0.474. The summed E-state index contributed by atoms with van der Waals surface area (Å²) >= 11 is 6.00. The van der Waals surface area contributed by atoms with Crippen LogP contribution in [0.5, 0.6) is 5.75 Å². The number of nitrogens with one attached hydrogen (secondary N) is 1. The number of hydrogen-bond acceptors (Lipinski definition) is 2. The van der Waals surface area contributed by atoms with Crippen molar-refractivity contribution >= 4 is 22.6 Å². The largest absolute Gasteiger partial charge is 0.508 e. The average Bonchev–Trinajstić information content (AvgIpc) is 2.39. The monoisotopic (exact) mass is 295 g/mol. The molecular formula is C14H14ClNO2S. The molecule has 0 saturated heterocycles. The highest BCUT2D eigenvalue weighted by Crippen LogP contribution is 2.18. The van der Waals surface area contributed by atoms with Crippen LogP contribution in [0.25, 0.3) is 0 Å². The summed E-state index contributed by atoms with van der Waals surface area (Å²) in [5.74, 6) is 0.198. The Balaban J connectivity index is 2.03. The number of phenols is 1. The number of aryl methyl sites for hydroxylation is 1. The Morgan fingerprint density at radius 1 is 1.26 bits per heavy atom. The van der Waals surface area contributed by atoms with Gasteiger partial charge in [-0.2, -0.15) is 0 Å². The first-order valence-electron chi connectivity index (χ1n) is 5.75. The summed E-state index contributed by atoms with van der Waals surface area (Å²) in [7, 11) is -1.33. The molecular weight excluding hydrogens is 282 g/mol. The van der Waals surface area contributed by atoms with E-state index in [2.05, 4.69) is 4.72 Å². The minimum Gasteiger partial charge on any atom is -0.508 e. The first-order valence-corrected chi connectivity index (χ1v) is 7.28. The van der Waals surface area contributed by atoms with E-state index < -0.39 is 11.0 Å². The second-order valence-corrected chi connectivity index (χ2v) is 5.88.